The molecule has 2 aromatic carbocycles. The molecule has 0 unspecified atom stereocenters. The highest BCUT2D eigenvalue weighted by Gasteiger charge is 2.26. The lowest BCUT2D eigenvalue weighted by atomic mass is 9.96. The van der Waals surface area contributed by atoms with Gasteiger partial charge >= 0.3 is 0 Å². The molecule has 1 aromatic heterocycles. The Morgan fingerprint density at radius 1 is 1.16 bits per heavy atom. The highest BCUT2D eigenvalue weighted by atomic mass is 16.5. The van der Waals surface area contributed by atoms with Crippen molar-refractivity contribution in [1.82, 2.24) is 10.3 Å². The number of para-hydroxylation sites is 1. The molecule has 1 aliphatic rings. The first-order valence-electron chi connectivity index (χ1n) is 8.83. The fourth-order valence-corrected chi connectivity index (χ4v) is 3.49. The Bertz CT molecular complexity index is 850. The molecule has 0 spiro atoms. The SMILES string of the molecule is O=C(c1c[nH]c2ccccc12)[C@@H](NC[C@@H]1CCCO1)c1ccccc1. The number of aromatic nitrogens is 1. The van der Waals surface area contributed by atoms with Gasteiger partial charge in [-0.1, -0.05) is 48.5 Å². The minimum Gasteiger partial charge on any atom is -0.377 e. The first kappa shape index (κ1) is 16.1. The molecule has 0 bridgehead atoms. The summed E-state index contributed by atoms with van der Waals surface area (Å²) in [5.74, 6) is 0.0849. The number of H-pyrrole nitrogens is 1. The third kappa shape index (κ3) is 3.36. The van der Waals surface area contributed by atoms with Crippen LogP contribution < -0.4 is 5.32 Å². The smallest absolute Gasteiger partial charge is 0.186 e. The summed E-state index contributed by atoms with van der Waals surface area (Å²) in [5, 5.41) is 4.41. The lowest BCUT2D eigenvalue weighted by Crippen LogP contribution is -2.34. The van der Waals surface area contributed by atoms with Gasteiger partial charge in [0.05, 0.1) is 12.1 Å². The van der Waals surface area contributed by atoms with Crippen molar-refractivity contribution in [3.63, 3.8) is 0 Å². The Morgan fingerprint density at radius 3 is 2.76 bits per heavy atom. The maximum absolute atomic E-state index is 13.3. The summed E-state index contributed by atoms with van der Waals surface area (Å²) < 4.78 is 5.70. The minimum absolute atomic E-state index is 0.0849. The molecule has 2 heterocycles. The van der Waals surface area contributed by atoms with Crippen molar-refractivity contribution < 1.29 is 9.53 Å². The number of ether oxygens (including phenoxy) is 1. The molecule has 2 atom stereocenters. The molecule has 128 valence electrons. The van der Waals surface area contributed by atoms with Crippen molar-refractivity contribution >= 4 is 16.7 Å². The predicted molar refractivity (Wildman–Crippen MR) is 98.8 cm³/mol. The van der Waals surface area contributed by atoms with Gasteiger partial charge in [0.15, 0.2) is 5.78 Å². The quantitative estimate of drug-likeness (QED) is 0.673. The first-order valence-corrected chi connectivity index (χ1v) is 8.83. The number of ketones is 1. The Kier molecular flexibility index (Phi) is 4.63. The third-order valence-corrected chi connectivity index (χ3v) is 4.82. The average molecular weight is 334 g/mol. The molecule has 4 heteroatoms. The van der Waals surface area contributed by atoms with Gasteiger partial charge in [-0.2, -0.15) is 0 Å². The van der Waals surface area contributed by atoms with E-state index in [4.69, 9.17) is 4.74 Å². The maximum atomic E-state index is 13.3. The van der Waals surface area contributed by atoms with E-state index in [9.17, 15) is 4.79 Å². The number of rotatable bonds is 6. The van der Waals surface area contributed by atoms with Crippen molar-refractivity contribution in [2.24, 2.45) is 0 Å². The van der Waals surface area contributed by atoms with Gasteiger partial charge in [0.2, 0.25) is 0 Å². The van der Waals surface area contributed by atoms with Gasteiger partial charge in [0.1, 0.15) is 0 Å². The molecular formula is C21H22N2O2. The zero-order chi connectivity index (χ0) is 17.1. The summed E-state index contributed by atoms with van der Waals surface area (Å²) in [5.41, 5.74) is 2.69. The third-order valence-electron chi connectivity index (χ3n) is 4.82. The van der Waals surface area contributed by atoms with Crippen molar-refractivity contribution in [3.8, 4) is 0 Å². The summed E-state index contributed by atoms with van der Waals surface area (Å²) in [7, 11) is 0. The Balaban J connectivity index is 1.63. The number of carbonyl (C=O) groups is 1. The van der Waals surface area contributed by atoms with Gasteiger partial charge < -0.3 is 15.0 Å². The zero-order valence-electron chi connectivity index (χ0n) is 14.1. The molecule has 1 fully saturated rings. The van der Waals surface area contributed by atoms with Gasteiger partial charge in [-0.3, -0.25) is 4.79 Å². The van der Waals surface area contributed by atoms with Crippen molar-refractivity contribution in [2.75, 3.05) is 13.2 Å². The summed E-state index contributed by atoms with van der Waals surface area (Å²) in [6.45, 7) is 1.51. The van der Waals surface area contributed by atoms with E-state index in [0.29, 0.717) is 6.54 Å². The standard InChI is InChI=1S/C21H22N2O2/c24-21(18-14-22-19-11-5-4-10-17(18)19)20(15-7-2-1-3-8-15)23-13-16-9-6-12-25-16/h1-5,7-8,10-11,14,16,20,22-23H,6,9,12-13H2/t16-,20-/m0/s1. The van der Waals surface area contributed by atoms with Crippen LogP contribution in [0, 0.1) is 0 Å². The van der Waals surface area contributed by atoms with E-state index in [1.54, 1.807) is 0 Å². The maximum Gasteiger partial charge on any atom is 0.186 e. The van der Waals surface area contributed by atoms with Crippen LogP contribution in [-0.4, -0.2) is 30.0 Å². The number of fused-ring (bicyclic) bond motifs is 1. The van der Waals surface area contributed by atoms with Crippen LogP contribution in [0.15, 0.2) is 60.8 Å². The summed E-state index contributed by atoms with van der Waals surface area (Å²) in [6.07, 6.45) is 4.16. The first-order chi connectivity index (χ1) is 12.3. The molecular weight excluding hydrogens is 312 g/mol. The molecule has 1 saturated heterocycles. The minimum atomic E-state index is -0.371. The number of benzene rings is 2. The predicted octanol–water partition coefficient (Wildman–Crippen LogP) is 3.86. The Hall–Kier alpha value is -2.43. The second kappa shape index (κ2) is 7.21. The second-order valence-corrected chi connectivity index (χ2v) is 6.50. The van der Waals surface area contributed by atoms with E-state index in [1.807, 2.05) is 60.8 Å². The molecule has 0 saturated carbocycles. The van der Waals surface area contributed by atoms with Crippen LogP contribution in [0.4, 0.5) is 0 Å². The monoisotopic (exact) mass is 334 g/mol. The fourth-order valence-electron chi connectivity index (χ4n) is 3.49. The number of hydrogen-bond acceptors (Lipinski definition) is 3. The van der Waals surface area contributed by atoms with Crippen LogP contribution in [0.25, 0.3) is 10.9 Å². The number of carbonyl (C=O) groups excluding carboxylic acids is 1. The number of hydrogen-bond donors (Lipinski definition) is 2. The lowest BCUT2D eigenvalue weighted by molar-refractivity contribution is 0.0893. The van der Waals surface area contributed by atoms with Crippen molar-refractivity contribution in [3.05, 3.63) is 71.9 Å². The van der Waals surface area contributed by atoms with E-state index in [2.05, 4.69) is 10.3 Å². The summed E-state index contributed by atoms with van der Waals surface area (Å²) in [4.78, 5) is 16.5. The molecule has 2 N–H and O–H groups in total. The number of Topliss-reactive ketones (excluding diaryl/α,β-unsaturated/α-hetero) is 1. The average Bonchev–Trinajstić information content (AvgIpc) is 3.32. The molecule has 4 rings (SSSR count). The van der Waals surface area contributed by atoms with Gasteiger partial charge in [0, 0.05) is 35.8 Å². The zero-order valence-corrected chi connectivity index (χ0v) is 14.1. The molecule has 3 aromatic rings. The van der Waals surface area contributed by atoms with Gasteiger partial charge in [-0.05, 0) is 24.5 Å². The van der Waals surface area contributed by atoms with Crippen LogP contribution >= 0.6 is 0 Å². The van der Waals surface area contributed by atoms with Gasteiger partial charge in [0.25, 0.3) is 0 Å². The van der Waals surface area contributed by atoms with Gasteiger partial charge in [-0.15, -0.1) is 0 Å². The van der Waals surface area contributed by atoms with E-state index >= 15 is 0 Å². The van der Waals surface area contributed by atoms with Crippen molar-refractivity contribution in [2.45, 2.75) is 25.0 Å². The highest BCUT2D eigenvalue weighted by molar-refractivity contribution is 6.10. The van der Waals surface area contributed by atoms with E-state index in [-0.39, 0.29) is 17.9 Å². The topological polar surface area (TPSA) is 54.1 Å². The summed E-state index contributed by atoms with van der Waals surface area (Å²) >= 11 is 0. The van der Waals surface area contributed by atoms with Crippen LogP contribution in [0.1, 0.15) is 34.8 Å². The molecule has 0 amide bonds. The second-order valence-electron chi connectivity index (χ2n) is 6.50. The molecule has 0 radical (unpaired) electrons. The molecule has 4 nitrogen and oxygen atoms in total. The summed E-state index contributed by atoms with van der Waals surface area (Å²) in [6, 6.07) is 17.4. The number of aromatic amines is 1. The fraction of sp³-hybridized carbons (Fsp3) is 0.286. The molecule has 25 heavy (non-hydrogen) atoms. The molecule has 1 aliphatic heterocycles. The van der Waals surface area contributed by atoms with E-state index in [0.717, 1.165) is 41.5 Å². The van der Waals surface area contributed by atoms with E-state index in [1.165, 1.54) is 0 Å². The van der Waals surface area contributed by atoms with Gasteiger partial charge in [-0.25, -0.2) is 0 Å². The van der Waals surface area contributed by atoms with Crippen molar-refractivity contribution in [1.29, 1.82) is 0 Å². The largest absolute Gasteiger partial charge is 0.377 e. The molecule has 0 aliphatic carbocycles. The van der Waals surface area contributed by atoms with E-state index < -0.39 is 0 Å². The van der Waals surface area contributed by atoms with Crippen LogP contribution in [0.5, 0.6) is 0 Å². The van der Waals surface area contributed by atoms with Crippen LogP contribution in [0.3, 0.4) is 0 Å². The highest BCUT2D eigenvalue weighted by Crippen LogP contribution is 2.25. The van der Waals surface area contributed by atoms with Crippen LogP contribution in [0.2, 0.25) is 0 Å². The Morgan fingerprint density at radius 2 is 1.96 bits per heavy atom. The normalized spacial score (nSPS) is 18.5. The van der Waals surface area contributed by atoms with Crippen LogP contribution in [-0.2, 0) is 4.74 Å². The lowest BCUT2D eigenvalue weighted by Gasteiger charge is -2.20. The Labute approximate surface area is 147 Å². The number of nitrogens with one attached hydrogen (secondary N) is 2.